The van der Waals surface area contributed by atoms with Crippen LogP contribution in [0.15, 0.2) is 17.0 Å². The maximum Gasteiger partial charge on any atom is 0.107 e. The number of nitrogens with zero attached hydrogens (tertiary/aromatic N) is 3. The van der Waals surface area contributed by atoms with E-state index in [0.29, 0.717) is 12.0 Å². The van der Waals surface area contributed by atoms with E-state index in [4.69, 9.17) is 4.74 Å². The summed E-state index contributed by atoms with van der Waals surface area (Å²) >= 11 is 3.47. The van der Waals surface area contributed by atoms with Crippen LogP contribution in [0.25, 0.3) is 0 Å². The Morgan fingerprint density at radius 2 is 2.39 bits per heavy atom. The molecule has 6 heteroatoms. The molecule has 1 aliphatic carbocycles. The van der Waals surface area contributed by atoms with Gasteiger partial charge in [0.2, 0.25) is 0 Å². The number of fused-ring (bicyclic) bond motifs is 1. The Kier molecular flexibility index (Phi) is 4.50. The molecule has 124 valence electrons. The molecule has 0 N–H and O–H groups in total. The van der Waals surface area contributed by atoms with E-state index in [9.17, 15) is 0 Å². The van der Waals surface area contributed by atoms with Gasteiger partial charge in [0.25, 0.3) is 0 Å². The lowest BCUT2D eigenvalue weighted by molar-refractivity contribution is 0.0254. The first kappa shape index (κ1) is 15.7. The molecule has 0 amide bonds. The molecular weight excluding hydrogens is 326 g/mol. The fourth-order valence-corrected chi connectivity index (χ4v) is 5.49. The maximum absolute atomic E-state index is 6.11. The lowest BCUT2D eigenvalue weighted by Gasteiger charge is -2.28. The molecule has 2 aromatic rings. The minimum absolute atomic E-state index is 0.363. The summed E-state index contributed by atoms with van der Waals surface area (Å²) < 4.78 is 6.11. The van der Waals surface area contributed by atoms with Crippen molar-refractivity contribution in [3.05, 3.63) is 32.7 Å². The Labute approximate surface area is 145 Å². The molecule has 0 radical (unpaired) electrons. The van der Waals surface area contributed by atoms with Crippen LogP contribution in [0.4, 0.5) is 0 Å². The van der Waals surface area contributed by atoms with Gasteiger partial charge in [0.15, 0.2) is 0 Å². The first-order chi connectivity index (χ1) is 11.2. The van der Waals surface area contributed by atoms with Crippen LogP contribution in [0.3, 0.4) is 0 Å². The van der Waals surface area contributed by atoms with E-state index < -0.39 is 0 Å². The van der Waals surface area contributed by atoms with Crippen molar-refractivity contribution in [3.8, 4) is 0 Å². The molecule has 4 rings (SSSR count). The van der Waals surface area contributed by atoms with Crippen molar-refractivity contribution in [2.24, 2.45) is 11.3 Å². The van der Waals surface area contributed by atoms with E-state index in [0.717, 1.165) is 36.3 Å². The molecule has 0 aromatic carbocycles. The molecule has 0 spiro atoms. The summed E-state index contributed by atoms with van der Waals surface area (Å²) in [6, 6.07) is 0. The van der Waals surface area contributed by atoms with Crippen molar-refractivity contribution in [3.63, 3.8) is 0 Å². The van der Waals surface area contributed by atoms with Crippen molar-refractivity contribution in [2.45, 2.75) is 39.3 Å². The number of aryl methyl sites for hydroxylation is 1. The zero-order valence-corrected chi connectivity index (χ0v) is 15.2. The summed E-state index contributed by atoms with van der Waals surface area (Å²) in [6.45, 7) is 6.95. The van der Waals surface area contributed by atoms with Gasteiger partial charge in [-0.1, -0.05) is 6.42 Å². The summed E-state index contributed by atoms with van der Waals surface area (Å²) in [5, 5.41) is 6.54. The molecule has 1 aliphatic heterocycles. The Bertz CT molecular complexity index is 642. The number of rotatable bonds is 6. The molecule has 1 saturated heterocycles. The van der Waals surface area contributed by atoms with Gasteiger partial charge in [-0.05, 0) is 25.7 Å². The second-order valence-corrected chi connectivity index (χ2v) is 8.94. The summed E-state index contributed by atoms with van der Waals surface area (Å²) in [5.74, 6) is 0.791. The van der Waals surface area contributed by atoms with Crippen LogP contribution in [0.2, 0.25) is 0 Å². The van der Waals surface area contributed by atoms with Gasteiger partial charge in [0.1, 0.15) is 5.01 Å². The second kappa shape index (κ2) is 6.59. The molecule has 23 heavy (non-hydrogen) atoms. The van der Waals surface area contributed by atoms with E-state index in [1.165, 1.54) is 30.8 Å². The zero-order chi connectivity index (χ0) is 15.7. The number of hydrogen-bond donors (Lipinski definition) is 0. The van der Waals surface area contributed by atoms with Gasteiger partial charge in [-0.2, -0.15) is 0 Å². The molecule has 2 aromatic heterocycles. The molecule has 4 nitrogen and oxygen atoms in total. The summed E-state index contributed by atoms with van der Waals surface area (Å²) in [5.41, 5.74) is 1.44. The smallest absolute Gasteiger partial charge is 0.107 e. The molecule has 0 bridgehead atoms. The molecule has 2 atom stereocenters. The van der Waals surface area contributed by atoms with Crippen LogP contribution in [0.1, 0.15) is 35.0 Å². The molecule has 2 fully saturated rings. The van der Waals surface area contributed by atoms with Crippen molar-refractivity contribution in [1.82, 2.24) is 14.9 Å². The van der Waals surface area contributed by atoms with E-state index >= 15 is 0 Å². The molecule has 2 aliphatic rings. The normalized spacial score (nSPS) is 27.6. The van der Waals surface area contributed by atoms with E-state index in [2.05, 4.69) is 25.6 Å². The van der Waals surface area contributed by atoms with Crippen molar-refractivity contribution in [2.75, 3.05) is 19.7 Å². The highest BCUT2D eigenvalue weighted by Crippen LogP contribution is 2.49. The van der Waals surface area contributed by atoms with Crippen LogP contribution >= 0.6 is 22.7 Å². The highest BCUT2D eigenvalue weighted by Gasteiger charge is 2.49. The van der Waals surface area contributed by atoms with E-state index in [1.807, 2.05) is 13.1 Å². The van der Waals surface area contributed by atoms with Crippen molar-refractivity contribution < 1.29 is 4.74 Å². The first-order valence-corrected chi connectivity index (χ1v) is 10.1. The Balaban J connectivity index is 1.35. The van der Waals surface area contributed by atoms with Crippen LogP contribution in [0.5, 0.6) is 0 Å². The first-order valence-electron chi connectivity index (χ1n) is 8.33. The second-order valence-electron chi connectivity index (χ2n) is 6.90. The average molecular weight is 350 g/mol. The molecule has 0 unspecified atom stereocenters. The predicted molar refractivity (Wildman–Crippen MR) is 93.7 cm³/mol. The number of hydrogen-bond acceptors (Lipinski definition) is 6. The predicted octanol–water partition coefficient (Wildman–Crippen LogP) is 3.73. The minimum atomic E-state index is 0.363. The summed E-state index contributed by atoms with van der Waals surface area (Å²) in [7, 11) is 0. The third-order valence-electron chi connectivity index (χ3n) is 5.26. The Morgan fingerprint density at radius 1 is 1.43 bits per heavy atom. The van der Waals surface area contributed by atoms with Gasteiger partial charge in [0.05, 0.1) is 30.5 Å². The van der Waals surface area contributed by atoms with Crippen LogP contribution < -0.4 is 0 Å². The topological polar surface area (TPSA) is 38.2 Å². The number of likely N-dealkylation sites (tertiary alicyclic amines) is 1. The van der Waals surface area contributed by atoms with Crippen LogP contribution in [0, 0.1) is 18.3 Å². The third kappa shape index (κ3) is 3.36. The third-order valence-corrected chi connectivity index (χ3v) is 6.85. The lowest BCUT2D eigenvalue weighted by Crippen LogP contribution is -2.32. The fraction of sp³-hybridized carbons (Fsp3) is 0.647. The van der Waals surface area contributed by atoms with Gasteiger partial charge in [-0.3, -0.25) is 4.90 Å². The standard InChI is InChI=1S/C17H23N3OS2/c1-13-19-15(10-23-13)9-21-12-17-4-2-3-14(17)7-20(11-17)8-16-18-5-6-22-16/h5-6,10,14H,2-4,7-9,11-12H2,1H3/t14-,17+/m0/s1. The zero-order valence-electron chi connectivity index (χ0n) is 13.5. The van der Waals surface area contributed by atoms with E-state index in [-0.39, 0.29) is 0 Å². The molecule has 3 heterocycles. The minimum Gasteiger partial charge on any atom is -0.374 e. The highest BCUT2D eigenvalue weighted by molar-refractivity contribution is 7.09. The fourth-order valence-electron chi connectivity index (χ4n) is 4.24. The van der Waals surface area contributed by atoms with Crippen molar-refractivity contribution in [1.29, 1.82) is 0 Å². The summed E-state index contributed by atoms with van der Waals surface area (Å²) in [6.07, 6.45) is 5.93. The number of ether oxygens (including phenoxy) is 1. The number of aromatic nitrogens is 2. The van der Waals surface area contributed by atoms with Gasteiger partial charge in [-0.15, -0.1) is 22.7 Å². The van der Waals surface area contributed by atoms with Crippen LogP contribution in [-0.2, 0) is 17.9 Å². The molecule has 1 saturated carbocycles. The maximum atomic E-state index is 6.11. The Morgan fingerprint density at radius 3 is 3.17 bits per heavy atom. The average Bonchev–Trinajstić information content (AvgIpc) is 3.25. The summed E-state index contributed by atoms with van der Waals surface area (Å²) in [4.78, 5) is 11.5. The number of thiazole rings is 2. The van der Waals surface area contributed by atoms with Gasteiger partial charge in [-0.25, -0.2) is 9.97 Å². The van der Waals surface area contributed by atoms with Crippen molar-refractivity contribution >= 4 is 22.7 Å². The lowest BCUT2D eigenvalue weighted by atomic mass is 9.81. The van der Waals surface area contributed by atoms with Gasteiger partial charge >= 0.3 is 0 Å². The highest BCUT2D eigenvalue weighted by atomic mass is 32.1. The van der Waals surface area contributed by atoms with Gasteiger partial charge < -0.3 is 4.74 Å². The quantitative estimate of drug-likeness (QED) is 0.796. The monoisotopic (exact) mass is 349 g/mol. The van der Waals surface area contributed by atoms with E-state index in [1.54, 1.807) is 22.7 Å². The Hall–Kier alpha value is -0.820. The SMILES string of the molecule is Cc1nc(COC[C@]23CCC[C@H]2CN(Cc2nccs2)C3)cs1. The van der Waals surface area contributed by atoms with Gasteiger partial charge in [0, 0.05) is 35.5 Å². The molecular formula is C17H23N3OS2. The van der Waals surface area contributed by atoms with Crippen LogP contribution in [-0.4, -0.2) is 34.6 Å². The largest absolute Gasteiger partial charge is 0.374 e.